The van der Waals surface area contributed by atoms with E-state index in [9.17, 15) is 0 Å². The number of fused-ring (bicyclic) bond motifs is 2. The van der Waals surface area contributed by atoms with E-state index in [1.807, 2.05) is 0 Å². The molecule has 0 aliphatic heterocycles. The first-order chi connectivity index (χ1) is 5.57. The van der Waals surface area contributed by atoms with Gasteiger partial charge in [-0.1, -0.05) is 25.9 Å². The van der Waals surface area contributed by atoms with E-state index < -0.39 is 0 Å². The summed E-state index contributed by atoms with van der Waals surface area (Å²) in [5.74, 6) is 2.00. The highest BCUT2D eigenvalue weighted by atomic mass is 16.4. The Morgan fingerprint density at radius 3 is 2.58 bits per heavy atom. The third-order valence-corrected chi connectivity index (χ3v) is 4.38. The molecular formula is C10H17NO. The highest BCUT2D eigenvalue weighted by Gasteiger charge is 2.53. The molecule has 68 valence electrons. The first kappa shape index (κ1) is 8.09. The van der Waals surface area contributed by atoms with Crippen LogP contribution in [0.5, 0.6) is 0 Å². The van der Waals surface area contributed by atoms with E-state index in [-0.39, 0.29) is 0 Å². The van der Waals surface area contributed by atoms with Crippen LogP contribution in [0.25, 0.3) is 0 Å². The molecule has 3 atom stereocenters. The van der Waals surface area contributed by atoms with Gasteiger partial charge < -0.3 is 5.21 Å². The summed E-state index contributed by atoms with van der Waals surface area (Å²) in [6.07, 6.45) is 2.27. The average Bonchev–Trinajstić information content (AvgIpc) is 2.52. The van der Waals surface area contributed by atoms with Gasteiger partial charge in [-0.05, 0) is 30.1 Å². The van der Waals surface area contributed by atoms with Gasteiger partial charge in [-0.25, -0.2) is 0 Å². The lowest BCUT2D eigenvalue weighted by molar-refractivity contribution is 0.178. The minimum atomic E-state index is 0.457. The molecule has 12 heavy (non-hydrogen) atoms. The molecule has 0 saturated heterocycles. The maximum absolute atomic E-state index is 8.76. The lowest BCUT2D eigenvalue weighted by Crippen LogP contribution is -2.33. The summed E-state index contributed by atoms with van der Waals surface area (Å²) in [5, 5.41) is 12.2. The summed E-state index contributed by atoms with van der Waals surface area (Å²) in [6, 6.07) is 0. The molecule has 2 fully saturated rings. The molecule has 2 heteroatoms. The molecule has 2 rings (SSSR count). The van der Waals surface area contributed by atoms with Gasteiger partial charge in [0, 0.05) is 5.92 Å². The van der Waals surface area contributed by atoms with Crippen molar-refractivity contribution < 1.29 is 5.21 Å². The van der Waals surface area contributed by atoms with E-state index in [0.717, 1.165) is 18.1 Å². The van der Waals surface area contributed by atoms with E-state index in [1.165, 1.54) is 6.42 Å². The predicted molar refractivity (Wildman–Crippen MR) is 48.4 cm³/mol. The molecule has 0 amide bonds. The zero-order valence-electron chi connectivity index (χ0n) is 8.04. The van der Waals surface area contributed by atoms with Gasteiger partial charge in [0.25, 0.3) is 0 Å². The van der Waals surface area contributed by atoms with E-state index in [0.29, 0.717) is 17.3 Å². The molecule has 1 N–H and O–H groups in total. The third kappa shape index (κ3) is 0.782. The van der Waals surface area contributed by atoms with Gasteiger partial charge in [-0.15, -0.1) is 0 Å². The molecule has 0 aromatic rings. The van der Waals surface area contributed by atoms with Crippen molar-refractivity contribution in [1.29, 1.82) is 0 Å². The number of oxime groups is 1. The molecule has 0 heterocycles. The Labute approximate surface area is 73.7 Å². The van der Waals surface area contributed by atoms with Crippen molar-refractivity contribution in [3.8, 4) is 0 Å². The zero-order chi connectivity index (χ0) is 8.93. The molecular weight excluding hydrogens is 150 g/mol. The Morgan fingerprint density at radius 2 is 2.17 bits per heavy atom. The standard InChI is InChI=1S/C10H17NO/c1-6-8-4-7(10(6,2)3)5-9(8)11-12/h6-8,12H,4-5H2,1-3H3/b11-9+/t6-,7+,8-/m1/s1. The number of rotatable bonds is 0. The van der Waals surface area contributed by atoms with Crippen LogP contribution in [0.3, 0.4) is 0 Å². The molecule has 0 aromatic heterocycles. The number of hydrogen-bond donors (Lipinski definition) is 1. The van der Waals surface area contributed by atoms with Crippen LogP contribution in [0.1, 0.15) is 33.6 Å². The van der Waals surface area contributed by atoms with Gasteiger partial charge in [0.05, 0.1) is 5.71 Å². The Morgan fingerprint density at radius 1 is 1.50 bits per heavy atom. The van der Waals surface area contributed by atoms with Crippen molar-refractivity contribution in [1.82, 2.24) is 0 Å². The van der Waals surface area contributed by atoms with Crippen molar-refractivity contribution in [3.63, 3.8) is 0 Å². The molecule has 2 saturated carbocycles. The van der Waals surface area contributed by atoms with Crippen LogP contribution >= 0.6 is 0 Å². The maximum Gasteiger partial charge on any atom is 0.0607 e. The van der Waals surface area contributed by atoms with Crippen molar-refractivity contribution in [2.45, 2.75) is 33.6 Å². The number of nitrogens with zero attached hydrogens (tertiary/aromatic N) is 1. The van der Waals surface area contributed by atoms with Crippen LogP contribution in [0.4, 0.5) is 0 Å². The van der Waals surface area contributed by atoms with Crippen molar-refractivity contribution in [2.24, 2.45) is 28.3 Å². The second-order valence-electron chi connectivity index (χ2n) is 4.94. The SMILES string of the molecule is C[C@@H]1[C@H]2C[C@@H](C/C2=N\O)C1(C)C. The maximum atomic E-state index is 8.76. The zero-order valence-corrected chi connectivity index (χ0v) is 8.04. The Bertz CT molecular complexity index is 228. The highest BCUT2D eigenvalue weighted by molar-refractivity contribution is 5.90. The third-order valence-electron chi connectivity index (χ3n) is 4.38. The smallest absolute Gasteiger partial charge is 0.0607 e. The minimum Gasteiger partial charge on any atom is -0.411 e. The quantitative estimate of drug-likeness (QED) is 0.436. The highest BCUT2D eigenvalue weighted by Crippen LogP contribution is 2.57. The molecule has 2 aliphatic carbocycles. The molecule has 2 nitrogen and oxygen atoms in total. The van der Waals surface area contributed by atoms with Gasteiger partial charge in [0.15, 0.2) is 0 Å². The molecule has 0 radical (unpaired) electrons. The van der Waals surface area contributed by atoms with Gasteiger partial charge >= 0.3 is 0 Å². The Balaban J connectivity index is 2.29. The van der Waals surface area contributed by atoms with Crippen LogP contribution < -0.4 is 0 Å². The van der Waals surface area contributed by atoms with E-state index in [2.05, 4.69) is 25.9 Å². The first-order valence-electron chi connectivity index (χ1n) is 4.78. The van der Waals surface area contributed by atoms with Crippen LogP contribution in [-0.2, 0) is 0 Å². The largest absolute Gasteiger partial charge is 0.411 e. The fourth-order valence-electron chi connectivity index (χ4n) is 2.99. The average molecular weight is 167 g/mol. The van der Waals surface area contributed by atoms with Crippen LogP contribution in [-0.4, -0.2) is 10.9 Å². The summed E-state index contributed by atoms with van der Waals surface area (Å²) >= 11 is 0. The molecule has 0 spiro atoms. The second-order valence-corrected chi connectivity index (χ2v) is 4.94. The molecule has 2 aliphatic rings. The van der Waals surface area contributed by atoms with E-state index in [4.69, 9.17) is 5.21 Å². The van der Waals surface area contributed by atoms with Crippen LogP contribution in [0.2, 0.25) is 0 Å². The minimum absolute atomic E-state index is 0.457. The van der Waals surface area contributed by atoms with E-state index in [1.54, 1.807) is 0 Å². The summed E-state index contributed by atoms with van der Waals surface area (Å²) in [6.45, 7) is 6.97. The summed E-state index contributed by atoms with van der Waals surface area (Å²) in [5.41, 5.74) is 1.51. The summed E-state index contributed by atoms with van der Waals surface area (Å²) in [4.78, 5) is 0. The van der Waals surface area contributed by atoms with Crippen LogP contribution in [0.15, 0.2) is 5.16 Å². The van der Waals surface area contributed by atoms with E-state index >= 15 is 0 Å². The monoisotopic (exact) mass is 167 g/mol. The van der Waals surface area contributed by atoms with Crippen molar-refractivity contribution in [2.75, 3.05) is 0 Å². The lowest BCUT2D eigenvalue weighted by Gasteiger charge is -2.36. The van der Waals surface area contributed by atoms with Gasteiger partial charge in [-0.3, -0.25) is 0 Å². The lowest BCUT2D eigenvalue weighted by atomic mass is 9.69. The second kappa shape index (κ2) is 2.24. The number of hydrogen-bond acceptors (Lipinski definition) is 2. The van der Waals surface area contributed by atoms with Crippen molar-refractivity contribution >= 4 is 5.71 Å². The van der Waals surface area contributed by atoms with Crippen molar-refractivity contribution in [3.05, 3.63) is 0 Å². The molecule has 2 bridgehead atoms. The summed E-state index contributed by atoms with van der Waals surface area (Å²) in [7, 11) is 0. The van der Waals surface area contributed by atoms with Gasteiger partial charge in [-0.2, -0.15) is 0 Å². The van der Waals surface area contributed by atoms with Crippen LogP contribution in [0, 0.1) is 23.2 Å². The Kier molecular flexibility index (Phi) is 1.51. The first-order valence-corrected chi connectivity index (χ1v) is 4.78. The van der Waals surface area contributed by atoms with Gasteiger partial charge in [0.2, 0.25) is 0 Å². The fourth-order valence-corrected chi connectivity index (χ4v) is 2.99. The fraction of sp³-hybridized carbons (Fsp3) is 0.900. The normalized spacial score (nSPS) is 47.2. The topological polar surface area (TPSA) is 32.6 Å². The summed E-state index contributed by atoms with van der Waals surface area (Å²) < 4.78 is 0. The molecule has 0 aromatic carbocycles. The Hall–Kier alpha value is -0.530. The predicted octanol–water partition coefficient (Wildman–Crippen LogP) is 2.52. The molecule has 0 unspecified atom stereocenters. The van der Waals surface area contributed by atoms with Gasteiger partial charge in [0.1, 0.15) is 0 Å².